The third-order valence-corrected chi connectivity index (χ3v) is 6.26. The lowest BCUT2D eigenvalue weighted by molar-refractivity contribution is -0.149. The molecule has 0 aliphatic carbocycles. The molecule has 0 spiro atoms. The van der Waals surface area contributed by atoms with Crippen molar-refractivity contribution in [3.63, 3.8) is 0 Å². The van der Waals surface area contributed by atoms with E-state index in [1.807, 2.05) is 78.9 Å². The van der Waals surface area contributed by atoms with Crippen LogP contribution >= 0.6 is 0 Å². The molecule has 4 rings (SSSR count). The van der Waals surface area contributed by atoms with Crippen molar-refractivity contribution in [1.29, 1.82) is 0 Å². The van der Waals surface area contributed by atoms with Crippen molar-refractivity contribution >= 4 is 23.3 Å². The van der Waals surface area contributed by atoms with Gasteiger partial charge in [0.25, 0.3) is 5.91 Å². The summed E-state index contributed by atoms with van der Waals surface area (Å²) in [7, 11) is 0. The molecule has 7 heteroatoms. The van der Waals surface area contributed by atoms with E-state index in [9.17, 15) is 9.59 Å². The molecule has 0 atom stereocenters. The molecule has 1 N–H and O–H groups in total. The molecule has 7 nitrogen and oxygen atoms in total. The monoisotopic (exact) mass is 487 g/mol. The lowest BCUT2D eigenvalue weighted by Crippen LogP contribution is -2.46. The molecule has 36 heavy (non-hydrogen) atoms. The molecule has 0 bridgehead atoms. The van der Waals surface area contributed by atoms with Crippen LogP contribution in [0.3, 0.4) is 0 Å². The smallest absolute Gasteiger partial charge is 0.344 e. The van der Waals surface area contributed by atoms with Gasteiger partial charge in [-0.25, -0.2) is 4.79 Å². The number of ether oxygens (including phenoxy) is 2. The number of amides is 1. The van der Waals surface area contributed by atoms with Crippen LogP contribution in [0.15, 0.2) is 78.9 Å². The van der Waals surface area contributed by atoms with Crippen LogP contribution in [0.1, 0.15) is 18.1 Å². The Morgan fingerprint density at radius 3 is 2.25 bits per heavy atom. The van der Waals surface area contributed by atoms with Gasteiger partial charge in [0.1, 0.15) is 5.75 Å². The van der Waals surface area contributed by atoms with E-state index >= 15 is 0 Å². The number of carbonyl (C=O) groups excluding carboxylic acids is 2. The summed E-state index contributed by atoms with van der Waals surface area (Å²) in [5, 5.41) is 2.77. The van der Waals surface area contributed by atoms with E-state index < -0.39 is 11.9 Å². The van der Waals surface area contributed by atoms with Gasteiger partial charge >= 0.3 is 5.97 Å². The molecule has 0 aromatic heterocycles. The fourth-order valence-electron chi connectivity index (χ4n) is 4.21. The molecular formula is C29H33N3O4. The van der Waals surface area contributed by atoms with Gasteiger partial charge < -0.3 is 24.6 Å². The number of likely N-dealkylation sites (N-methyl/N-ethyl adjacent to an activating group) is 1. The predicted octanol–water partition coefficient (Wildman–Crippen LogP) is 3.98. The quantitative estimate of drug-likeness (QED) is 0.436. The Kier molecular flexibility index (Phi) is 8.94. The first-order chi connectivity index (χ1) is 17.6. The Labute approximate surface area is 212 Å². The molecule has 1 heterocycles. The maximum Gasteiger partial charge on any atom is 0.344 e. The molecule has 1 aliphatic heterocycles. The van der Waals surface area contributed by atoms with E-state index in [0.717, 1.165) is 49.5 Å². The summed E-state index contributed by atoms with van der Waals surface area (Å²) in [5.74, 6) is -0.364. The van der Waals surface area contributed by atoms with Gasteiger partial charge in [-0.15, -0.1) is 0 Å². The van der Waals surface area contributed by atoms with E-state index in [-0.39, 0.29) is 13.2 Å². The lowest BCUT2D eigenvalue weighted by Gasteiger charge is -2.35. The van der Waals surface area contributed by atoms with Crippen molar-refractivity contribution in [3.05, 3.63) is 90.0 Å². The van der Waals surface area contributed by atoms with E-state index in [1.54, 1.807) is 0 Å². The van der Waals surface area contributed by atoms with Crippen LogP contribution in [-0.4, -0.2) is 62.7 Å². The van der Waals surface area contributed by atoms with Gasteiger partial charge in [-0.1, -0.05) is 55.5 Å². The molecular weight excluding hydrogens is 454 g/mol. The van der Waals surface area contributed by atoms with Crippen LogP contribution < -0.4 is 15.0 Å². The highest BCUT2D eigenvalue weighted by molar-refractivity contribution is 5.93. The van der Waals surface area contributed by atoms with Crippen LogP contribution in [0.4, 0.5) is 11.4 Å². The van der Waals surface area contributed by atoms with Gasteiger partial charge in [-0.3, -0.25) is 4.79 Å². The number of benzene rings is 3. The second kappa shape index (κ2) is 12.7. The zero-order chi connectivity index (χ0) is 25.2. The Morgan fingerprint density at radius 2 is 1.53 bits per heavy atom. The average Bonchev–Trinajstić information content (AvgIpc) is 2.92. The zero-order valence-corrected chi connectivity index (χ0v) is 20.7. The summed E-state index contributed by atoms with van der Waals surface area (Å²) in [6.07, 6.45) is 0.697. The Hall–Kier alpha value is -3.84. The lowest BCUT2D eigenvalue weighted by atomic mass is 10.0. The highest BCUT2D eigenvalue weighted by Gasteiger charge is 2.16. The predicted molar refractivity (Wildman–Crippen MR) is 142 cm³/mol. The normalized spacial score (nSPS) is 13.8. The van der Waals surface area contributed by atoms with Crippen molar-refractivity contribution < 1.29 is 19.1 Å². The number of hydrogen-bond donors (Lipinski definition) is 1. The Morgan fingerprint density at radius 1 is 0.833 bits per heavy atom. The SMILES string of the molecule is CCN1CCN(c2ccc(NC(=O)COC(=O)COc3ccccc3Cc3ccccc3)cc2)CC1. The summed E-state index contributed by atoms with van der Waals surface area (Å²) >= 11 is 0. The third kappa shape index (κ3) is 7.33. The van der Waals surface area contributed by atoms with Gasteiger partial charge in [0.05, 0.1) is 0 Å². The Bertz CT molecular complexity index is 1130. The highest BCUT2D eigenvalue weighted by atomic mass is 16.6. The highest BCUT2D eigenvalue weighted by Crippen LogP contribution is 2.22. The van der Waals surface area contributed by atoms with Crippen molar-refractivity contribution in [1.82, 2.24) is 4.90 Å². The maximum absolute atomic E-state index is 12.3. The van der Waals surface area contributed by atoms with Crippen molar-refractivity contribution in [3.8, 4) is 5.75 Å². The minimum absolute atomic E-state index is 0.265. The second-order valence-corrected chi connectivity index (χ2v) is 8.74. The first kappa shape index (κ1) is 25.3. The number of para-hydroxylation sites is 1. The minimum Gasteiger partial charge on any atom is -0.482 e. The van der Waals surface area contributed by atoms with Crippen LogP contribution in [0, 0.1) is 0 Å². The van der Waals surface area contributed by atoms with E-state index in [1.165, 1.54) is 0 Å². The zero-order valence-electron chi connectivity index (χ0n) is 20.7. The van der Waals surface area contributed by atoms with Crippen LogP contribution in [-0.2, 0) is 20.7 Å². The summed E-state index contributed by atoms with van der Waals surface area (Å²) in [6.45, 7) is 6.74. The largest absolute Gasteiger partial charge is 0.482 e. The number of nitrogens with one attached hydrogen (secondary N) is 1. The van der Waals surface area contributed by atoms with Crippen LogP contribution in [0.2, 0.25) is 0 Å². The number of hydrogen-bond acceptors (Lipinski definition) is 6. The number of carbonyl (C=O) groups is 2. The molecule has 1 amide bonds. The molecule has 1 fully saturated rings. The van der Waals surface area contributed by atoms with Gasteiger partial charge in [0, 0.05) is 44.0 Å². The second-order valence-electron chi connectivity index (χ2n) is 8.74. The maximum atomic E-state index is 12.3. The molecule has 0 saturated carbocycles. The van der Waals surface area contributed by atoms with E-state index in [0.29, 0.717) is 17.9 Å². The molecule has 188 valence electrons. The molecule has 0 unspecified atom stereocenters. The number of esters is 1. The number of piperazine rings is 1. The minimum atomic E-state index is -0.596. The number of nitrogens with zero attached hydrogens (tertiary/aromatic N) is 2. The van der Waals surface area contributed by atoms with Crippen LogP contribution in [0.25, 0.3) is 0 Å². The fourth-order valence-corrected chi connectivity index (χ4v) is 4.21. The van der Waals surface area contributed by atoms with Crippen molar-refractivity contribution in [2.75, 3.05) is 56.2 Å². The number of anilines is 2. The molecule has 1 aliphatic rings. The van der Waals surface area contributed by atoms with Crippen molar-refractivity contribution in [2.24, 2.45) is 0 Å². The fraction of sp³-hybridized carbons (Fsp3) is 0.310. The first-order valence-corrected chi connectivity index (χ1v) is 12.4. The first-order valence-electron chi connectivity index (χ1n) is 12.4. The van der Waals surface area contributed by atoms with Crippen LogP contribution in [0.5, 0.6) is 5.75 Å². The van der Waals surface area contributed by atoms with Gasteiger partial charge in [0.15, 0.2) is 13.2 Å². The molecule has 1 saturated heterocycles. The molecule has 0 radical (unpaired) electrons. The summed E-state index contributed by atoms with van der Waals surface area (Å²) in [4.78, 5) is 29.2. The average molecular weight is 488 g/mol. The number of rotatable bonds is 10. The summed E-state index contributed by atoms with van der Waals surface area (Å²) < 4.78 is 10.8. The standard InChI is InChI=1S/C29H33N3O4/c1-2-31-16-18-32(19-17-31)26-14-12-25(13-15-26)30-28(33)21-36-29(34)22-35-27-11-7-6-10-24(27)20-23-8-4-3-5-9-23/h3-15H,2,16-22H2,1H3,(H,30,33). The van der Waals surface area contributed by atoms with Crippen molar-refractivity contribution in [2.45, 2.75) is 13.3 Å². The van der Waals surface area contributed by atoms with E-state index in [4.69, 9.17) is 9.47 Å². The third-order valence-electron chi connectivity index (χ3n) is 6.26. The topological polar surface area (TPSA) is 71.1 Å². The van der Waals surface area contributed by atoms with Gasteiger partial charge in [-0.05, 0) is 48.0 Å². The summed E-state index contributed by atoms with van der Waals surface area (Å²) in [6, 6.07) is 25.4. The van der Waals surface area contributed by atoms with E-state index in [2.05, 4.69) is 22.0 Å². The summed E-state index contributed by atoms with van der Waals surface area (Å²) in [5.41, 5.74) is 3.93. The Balaban J connectivity index is 1.20. The molecule has 3 aromatic carbocycles. The van der Waals surface area contributed by atoms with Gasteiger partial charge in [0.2, 0.25) is 0 Å². The molecule has 3 aromatic rings. The van der Waals surface area contributed by atoms with Gasteiger partial charge in [-0.2, -0.15) is 0 Å².